The number of piperazine rings is 1. The molecule has 8 heteroatoms. The molecule has 2 aliphatic rings. The molecule has 2 aromatic rings. The van der Waals surface area contributed by atoms with Crippen LogP contribution in [0.3, 0.4) is 0 Å². The van der Waals surface area contributed by atoms with Crippen LogP contribution in [0.15, 0.2) is 27.3 Å². The minimum Gasteiger partial charge on any atom is -0.461 e. The first kappa shape index (κ1) is 16.3. The van der Waals surface area contributed by atoms with Gasteiger partial charge < -0.3 is 14.3 Å². The van der Waals surface area contributed by atoms with E-state index in [-0.39, 0.29) is 11.9 Å². The standard InChI is InChI=1S/C17H23N5O3/c1-12(17(23)18-13-4-5-13)22-8-6-21(7-9-22)11-15-19-16(20-25-15)14-3-2-10-24-14/h2-3,10,12-13H,4-9,11H2,1H3,(H,18,23). The number of hydrogen-bond donors (Lipinski definition) is 1. The smallest absolute Gasteiger partial charge is 0.241 e. The third-order valence-electron chi connectivity index (χ3n) is 4.83. The van der Waals surface area contributed by atoms with Gasteiger partial charge >= 0.3 is 0 Å². The first-order chi connectivity index (χ1) is 12.2. The zero-order chi connectivity index (χ0) is 17.2. The molecule has 1 aliphatic heterocycles. The lowest BCUT2D eigenvalue weighted by Crippen LogP contribution is -2.53. The molecule has 8 nitrogen and oxygen atoms in total. The second-order valence-electron chi connectivity index (χ2n) is 6.76. The quantitative estimate of drug-likeness (QED) is 0.839. The Morgan fingerprint density at radius 1 is 1.36 bits per heavy atom. The highest BCUT2D eigenvalue weighted by Crippen LogP contribution is 2.20. The average Bonchev–Trinajstić information content (AvgIpc) is 3.10. The van der Waals surface area contributed by atoms with Gasteiger partial charge in [0, 0.05) is 32.2 Å². The SMILES string of the molecule is CC(C(=O)NC1CC1)N1CCN(Cc2nc(-c3ccco3)no2)CC1. The summed E-state index contributed by atoms with van der Waals surface area (Å²) in [7, 11) is 0. The van der Waals surface area contributed by atoms with Gasteiger partial charge in [0.15, 0.2) is 5.76 Å². The Labute approximate surface area is 146 Å². The zero-order valence-corrected chi connectivity index (χ0v) is 14.4. The maximum atomic E-state index is 12.2. The van der Waals surface area contributed by atoms with Gasteiger partial charge in [-0.3, -0.25) is 14.6 Å². The van der Waals surface area contributed by atoms with Gasteiger partial charge in [0.2, 0.25) is 17.6 Å². The largest absolute Gasteiger partial charge is 0.461 e. The van der Waals surface area contributed by atoms with E-state index in [2.05, 4.69) is 25.3 Å². The van der Waals surface area contributed by atoms with E-state index in [1.54, 1.807) is 12.3 Å². The predicted molar refractivity (Wildman–Crippen MR) is 89.5 cm³/mol. The number of furan rings is 1. The Hall–Kier alpha value is -2.19. The van der Waals surface area contributed by atoms with Crippen LogP contribution in [0.5, 0.6) is 0 Å². The molecule has 1 atom stereocenters. The zero-order valence-electron chi connectivity index (χ0n) is 14.4. The van der Waals surface area contributed by atoms with Crippen LogP contribution in [0.1, 0.15) is 25.7 Å². The van der Waals surface area contributed by atoms with Crippen LogP contribution in [0, 0.1) is 0 Å². The van der Waals surface area contributed by atoms with Gasteiger partial charge in [-0.15, -0.1) is 0 Å². The molecule has 134 valence electrons. The third-order valence-corrected chi connectivity index (χ3v) is 4.83. The topological polar surface area (TPSA) is 87.6 Å². The minimum absolute atomic E-state index is 0.0725. The molecule has 4 rings (SSSR count). The number of nitrogens with one attached hydrogen (secondary N) is 1. The number of amides is 1. The van der Waals surface area contributed by atoms with Crippen molar-refractivity contribution in [3.05, 3.63) is 24.3 Å². The molecule has 25 heavy (non-hydrogen) atoms. The third kappa shape index (κ3) is 3.91. The number of carbonyl (C=O) groups is 1. The Balaban J connectivity index is 1.26. The summed E-state index contributed by atoms with van der Waals surface area (Å²) in [4.78, 5) is 21.0. The molecular formula is C17H23N5O3. The van der Waals surface area contributed by atoms with Gasteiger partial charge in [-0.1, -0.05) is 5.16 Å². The highest BCUT2D eigenvalue weighted by molar-refractivity contribution is 5.81. The molecule has 1 unspecified atom stereocenters. The van der Waals surface area contributed by atoms with Crippen LogP contribution < -0.4 is 5.32 Å². The molecule has 1 N–H and O–H groups in total. The fraction of sp³-hybridized carbons (Fsp3) is 0.588. The number of aromatic nitrogens is 2. The predicted octanol–water partition coefficient (Wildman–Crippen LogP) is 1.11. The van der Waals surface area contributed by atoms with E-state index in [9.17, 15) is 4.79 Å². The summed E-state index contributed by atoms with van der Waals surface area (Å²) in [6.45, 7) is 6.07. The number of nitrogens with zero attached hydrogens (tertiary/aromatic N) is 4. The fourth-order valence-corrected chi connectivity index (χ4v) is 3.04. The van der Waals surface area contributed by atoms with Crippen molar-refractivity contribution in [2.75, 3.05) is 26.2 Å². The summed E-state index contributed by atoms with van der Waals surface area (Å²) >= 11 is 0. The van der Waals surface area contributed by atoms with Crippen LogP contribution in [0.4, 0.5) is 0 Å². The van der Waals surface area contributed by atoms with Gasteiger partial charge in [-0.2, -0.15) is 4.98 Å². The summed E-state index contributed by atoms with van der Waals surface area (Å²) < 4.78 is 10.6. The van der Waals surface area contributed by atoms with Crippen molar-refractivity contribution >= 4 is 5.91 Å². The summed E-state index contributed by atoms with van der Waals surface area (Å²) in [6.07, 6.45) is 3.83. The van der Waals surface area contributed by atoms with E-state index in [1.807, 2.05) is 13.0 Å². The number of carbonyl (C=O) groups excluding carboxylic acids is 1. The van der Waals surface area contributed by atoms with E-state index >= 15 is 0 Å². The molecule has 2 aromatic heterocycles. The molecule has 1 aliphatic carbocycles. The van der Waals surface area contributed by atoms with Crippen LogP contribution in [0.25, 0.3) is 11.6 Å². The molecule has 0 bridgehead atoms. The molecule has 0 spiro atoms. The molecule has 1 saturated carbocycles. The molecule has 0 radical (unpaired) electrons. The number of rotatable bonds is 6. The van der Waals surface area contributed by atoms with E-state index in [0.29, 0.717) is 30.1 Å². The first-order valence-corrected chi connectivity index (χ1v) is 8.82. The van der Waals surface area contributed by atoms with Crippen LogP contribution >= 0.6 is 0 Å². The van der Waals surface area contributed by atoms with Crippen LogP contribution in [-0.4, -0.2) is 64.1 Å². The van der Waals surface area contributed by atoms with Crippen molar-refractivity contribution in [1.82, 2.24) is 25.3 Å². The minimum atomic E-state index is -0.0725. The van der Waals surface area contributed by atoms with Crippen molar-refractivity contribution in [3.8, 4) is 11.6 Å². The molecule has 0 aromatic carbocycles. The normalized spacial score (nSPS) is 20.5. The summed E-state index contributed by atoms with van der Waals surface area (Å²) in [6, 6.07) is 3.95. The second kappa shape index (κ2) is 6.97. The lowest BCUT2D eigenvalue weighted by atomic mass is 10.2. The van der Waals surface area contributed by atoms with Crippen LogP contribution in [0.2, 0.25) is 0 Å². The van der Waals surface area contributed by atoms with Gasteiger partial charge in [0.1, 0.15) is 0 Å². The Kier molecular flexibility index (Phi) is 4.54. The Morgan fingerprint density at radius 3 is 2.84 bits per heavy atom. The van der Waals surface area contributed by atoms with Gasteiger partial charge in [-0.25, -0.2) is 0 Å². The molecule has 2 fully saturated rings. The van der Waals surface area contributed by atoms with Gasteiger partial charge in [-0.05, 0) is 31.9 Å². The Morgan fingerprint density at radius 2 is 2.16 bits per heavy atom. The van der Waals surface area contributed by atoms with Crippen molar-refractivity contribution < 1.29 is 13.7 Å². The van der Waals surface area contributed by atoms with E-state index in [4.69, 9.17) is 8.94 Å². The van der Waals surface area contributed by atoms with Crippen molar-refractivity contribution in [2.24, 2.45) is 0 Å². The van der Waals surface area contributed by atoms with Gasteiger partial charge in [0.25, 0.3) is 0 Å². The highest BCUT2D eigenvalue weighted by Gasteiger charge is 2.30. The van der Waals surface area contributed by atoms with E-state index < -0.39 is 0 Å². The summed E-state index contributed by atoms with van der Waals surface area (Å²) in [5, 5.41) is 7.04. The van der Waals surface area contributed by atoms with Gasteiger partial charge in [0.05, 0.1) is 18.8 Å². The molecule has 1 amide bonds. The Bertz CT molecular complexity index is 702. The van der Waals surface area contributed by atoms with Crippen molar-refractivity contribution in [1.29, 1.82) is 0 Å². The lowest BCUT2D eigenvalue weighted by molar-refractivity contribution is -0.126. The maximum Gasteiger partial charge on any atom is 0.241 e. The van der Waals surface area contributed by atoms with Crippen molar-refractivity contribution in [3.63, 3.8) is 0 Å². The molecule has 3 heterocycles. The highest BCUT2D eigenvalue weighted by atomic mass is 16.5. The van der Waals surface area contributed by atoms with Crippen LogP contribution in [-0.2, 0) is 11.3 Å². The molecule has 1 saturated heterocycles. The average molecular weight is 345 g/mol. The van der Waals surface area contributed by atoms with E-state index in [1.165, 1.54) is 0 Å². The fourth-order valence-electron chi connectivity index (χ4n) is 3.04. The monoisotopic (exact) mass is 345 g/mol. The maximum absolute atomic E-state index is 12.2. The lowest BCUT2D eigenvalue weighted by Gasteiger charge is -2.36. The molecular weight excluding hydrogens is 322 g/mol. The summed E-state index contributed by atoms with van der Waals surface area (Å²) in [5.41, 5.74) is 0. The van der Waals surface area contributed by atoms with E-state index in [0.717, 1.165) is 39.0 Å². The van der Waals surface area contributed by atoms with Crippen molar-refractivity contribution in [2.45, 2.75) is 38.4 Å². The first-order valence-electron chi connectivity index (χ1n) is 8.82. The number of hydrogen-bond acceptors (Lipinski definition) is 7. The summed E-state index contributed by atoms with van der Waals surface area (Å²) in [5.74, 6) is 1.81. The second-order valence-corrected chi connectivity index (χ2v) is 6.76.